The van der Waals surface area contributed by atoms with Gasteiger partial charge in [-0.2, -0.15) is 0 Å². The van der Waals surface area contributed by atoms with Gasteiger partial charge < -0.3 is 10.2 Å². The summed E-state index contributed by atoms with van der Waals surface area (Å²) in [6, 6.07) is 4.12. The van der Waals surface area contributed by atoms with E-state index < -0.39 is 0 Å². The normalized spacial score (nSPS) is 21.1. The first kappa shape index (κ1) is 9.46. The Balaban J connectivity index is 1.92. The number of hydrogen-bond acceptors (Lipinski definition) is 3. The number of rotatable bonds is 3. The summed E-state index contributed by atoms with van der Waals surface area (Å²) < 4.78 is 0. The van der Waals surface area contributed by atoms with Crippen molar-refractivity contribution in [3.8, 4) is 0 Å². The van der Waals surface area contributed by atoms with E-state index in [1.807, 2.05) is 12.4 Å². The highest BCUT2D eigenvalue weighted by Crippen LogP contribution is 2.15. The van der Waals surface area contributed by atoms with Crippen molar-refractivity contribution in [2.75, 3.05) is 31.6 Å². The van der Waals surface area contributed by atoms with E-state index in [0.29, 0.717) is 0 Å². The van der Waals surface area contributed by atoms with Gasteiger partial charge in [0.15, 0.2) is 0 Å². The van der Waals surface area contributed by atoms with E-state index in [0.717, 1.165) is 19.0 Å². The molecule has 1 aromatic rings. The molecule has 1 N–H and O–H groups in total. The van der Waals surface area contributed by atoms with Crippen molar-refractivity contribution in [3.05, 3.63) is 24.5 Å². The first-order valence-electron chi connectivity index (χ1n) is 5.18. The van der Waals surface area contributed by atoms with Crippen LogP contribution in [0.5, 0.6) is 0 Å². The SMILES string of the molecule is CN(CC1CCNC1)c1ccncc1. The molecule has 0 aromatic carbocycles. The van der Waals surface area contributed by atoms with Gasteiger partial charge in [-0.25, -0.2) is 0 Å². The molecular weight excluding hydrogens is 174 g/mol. The van der Waals surface area contributed by atoms with Crippen molar-refractivity contribution >= 4 is 5.69 Å². The minimum Gasteiger partial charge on any atom is -0.374 e. The molecule has 0 saturated carbocycles. The van der Waals surface area contributed by atoms with Gasteiger partial charge in [0.2, 0.25) is 0 Å². The Morgan fingerprint density at radius 3 is 2.93 bits per heavy atom. The van der Waals surface area contributed by atoms with Crippen molar-refractivity contribution in [1.82, 2.24) is 10.3 Å². The number of nitrogens with zero attached hydrogens (tertiary/aromatic N) is 2. The van der Waals surface area contributed by atoms with Crippen LogP contribution in [0.4, 0.5) is 5.69 Å². The quantitative estimate of drug-likeness (QED) is 0.776. The maximum atomic E-state index is 4.02. The molecule has 2 rings (SSSR count). The van der Waals surface area contributed by atoms with Crippen LogP contribution in [0.15, 0.2) is 24.5 Å². The second kappa shape index (κ2) is 4.42. The molecule has 0 spiro atoms. The van der Waals surface area contributed by atoms with Gasteiger partial charge in [0.25, 0.3) is 0 Å². The minimum atomic E-state index is 0.799. The summed E-state index contributed by atoms with van der Waals surface area (Å²) in [5.41, 5.74) is 1.26. The Bertz CT molecular complexity index is 267. The number of anilines is 1. The predicted octanol–water partition coefficient (Wildman–Crippen LogP) is 1.13. The predicted molar refractivity (Wildman–Crippen MR) is 58.5 cm³/mol. The Labute approximate surface area is 85.1 Å². The van der Waals surface area contributed by atoms with Crippen molar-refractivity contribution < 1.29 is 0 Å². The van der Waals surface area contributed by atoms with Gasteiger partial charge in [-0.15, -0.1) is 0 Å². The number of aromatic nitrogens is 1. The molecule has 1 fully saturated rings. The van der Waals surface area contributed by atoms with E-state index >= 15 is 0 Å². The van der Waals surface area contributed by atoms with Crippen LogP contribution >= 0.6 is 0 Å². The van der Waals surface area contributed by atoms with E-state index in [2.05, 4.69) is 34.4 Å². The highest BCUT2D eigenvalue weighted by Gasteiger charge is 2.16. The van der Waals surface area contributed by atoms with Gasteiger partial charge in [-0.05, 0) is 37.6 Å². The number of nitrogens with one attached hydrogen (secondary N) is 1. The molecule has 0 aliphatic carbocycles. The average molecular weight is 191 g/mol. The molecule has 1 aromatic heterocycles. The summed E-state index contributed by atoms with van der Waals surface area (Å²) in [4.78, 5) is 6.33. The van der Waals surface area contributed by atoms with Crippen molar-refractivity contribution in [2.45, 2.75) is 6.42 Å². The Morgan fingerprint density at radius 2 is 2.29 bits per heavy atom. The molecule has 3 heteroatoms. The zero-order valence-electron chi connectivity index (χ0n) is 8.61. The molecule has 1 atom stereocenters. The van der Waals surface area contributed by atoms with Crippen LogP contribution in [0.25, 0.3) is 0 Å². The lowest BCUT2D eigenvalue weighted by atomic mass is 10.1. The van der Waals surface area contributed by atoms with Gasteiger partial charge in [0.05, 0.1) is 0 Å². The van der Waals surface area contributed by atoms with E-state index in [9.17, 15) is 0 Å². The first-order valence-corrected chi connectivity index (χ1v) is 5.18. The molecule has 2 heterocycles. The van der Waals surface area contributed by atoms with E-state index in [4.69, 9.17) is 0 Å². The largest absolute Gasteiger partial charge is 0.374 e. The molecule has 1 saturated heterocycles. The molecule has 0 amide bonds. The van der Waals surface area contributed by atoms with E-state index in [1.165, 1.54) is 18.7 Å². The van der Waals surface area contributed by atoms with E-state index in [1.54, 1.807) is 0 Å². The fraction of sp³-hybridized carbons (Fsp3) is 0.545. The average Bonchev–Trinajstić information content (AvgIpc) is 2.72. The Hall–Kier alpha value is -1.09. The molecule has 0 bridgehead atoms. The highest BCUT2D eigenvalue weighted by molar-refractivity contribution is 5.43. The fourth-order valence-corrected chi connectivity index (χ4v) is 1.96. The van der Waals surface area contributed by atoms with Crippen LogP contribution in [0.1, 0.15) is 6.42 Å². The first-order chi connectivity index (χ1) is 6.86. The monoisotopic (exact) mass is 191 g/mol. The number of hydrogen-bond donors (Lipinski definition) is 1. The van der Waals surface area contributed by atoms with E-state index in [-0.39, 0.29) is 0 Å². The summed E-state index contributed by atoms with van der Waals surface area (Å²) in [6.07, 6.45) is 4.99. The summed E-state index contributed by atoms with van der Waals surface area (Å²) in [5, 5.41) is 3.39. The standard InChI is InChI=1S/C11H17N3/c1-14(9-10-2-5-13-8-10)11-3-6-12-7-4-11/h3-4,6-7,10,13H,2,5,8-9H2,1H3. The van der Waals surface area contributed by atoms with Crippen LogP contribution in [0.2, 0.25) is 0 Å². The molecular formula is C11H17N3. The molecule has 1 aliphatic rings. The Kier molecular flexibility index (Phi) is 2.99. The summed E-state index contributed by atoms with van der Waals surface area (Å²) in [7, 11) is 2.15. The lowest BCUT2D eigenvalue weighted by Crippen LogP contribution is -2.26. The third kappa shape index (κ3) is 2.23. The van der Waals surface area contributed by atoms with Gasteiger partial charge in [0, 0.05) is 31.7 Å². The molecule has 1 aliphatic heterocycles. The van der Waals surface area contributed by atoms with Crippen molar-refractivity contribution in [3.63, 3.8) is 0 Å². The minimum absolute atomic E-state index is 0.799. The maximum Gasteiger partial charge on any atom is 0.0394 e. The molecule has 14 heavy (non-hydrogen) atoms. The zero-order chi connectivity index (χ0) is 9.80. The second-order valence-corrected chi connectivity index (χ2v) is 3.94. The molecule has 3 nitrogen and oxygen atoms in total. The molecule has 1 unspecified atom stereocenters. The third-order valence-corrected chi connectivity index (χ3v) is 2.80. The topological polar surface area (TPSA) is 28.2 Å². The van der Waals surface area contributed by atoms with Crippen LogP contribution < -0.4 is 10.2 Å². The Morgan fingerprint density at radius 1 is 1.50 bits per heavy atom. The lowest BCUT2D eigenvalue weighted by molar-refractivity contribution is 0.578. The highest BCUT2D eigenvalue weighted by atomic mass is 15.1. The lowest BCUT2D eigenvalue weighted by Gasteiger charge is -2.22. The molecule has 76 valence electrons. The van der Waals surface area contributed by atoms with Crippen LogP contribution in [-0.2, 0) is 0 Å². The van der Waals surface area contributed by atoms with Gasteiger partial charge in [-0.3, -0.25) is 4.98 Å². The van der Waals surface area contributed by atoms with Gasteiger partial charge >= 0.3 is 0 Å². The third-order valence-electron chi connectivity index (χ3n) is 2.80. The smallest absolute Gasteiger partial charge is 0.0394 e. The fourth-order valence-electron chi connectivity index (χ4n) is 1.96. The summed E-state index contributed by atoms with van der Waals surface area (Å²) in [5.74, 6) is 0.799. The second-order valence-electron chi connectivity index (χ2n) is 3.94. The summed E-state index contributed by atoms with van der Waals surface area (Å²) >= 11 is 0. The maximum absolute atomic E-state index is 4.02. The van der Waals surface area contributed by atoms with Crippen LogP contribution in [-0.4, -0.2) is 31.7 Å². The van der Waals surface area contributed by atoms with Crippen LogP contribution in [0, 0.1) is 5.92 Å². The van der Waals surface area contributed by atoms with Crippen molar-refractivity contribution in [2.24, 2.45) is 5.92 Å². The summed E-state index contributed by atoms with van der Waals surface area (Å²) in [6.45, 7) is 3.47. The zero-order valence-corrected chi connectivity index (χ0v) is 8.61. The van der Waals surface area contributed by atoms with Crippen molar-refractivity contribution in [1.29, 1.82) is 0 Å². The number of pyridine rings is 1. The van der Waals surface area contributed by atoms with Crippen LogP contribution in [0.3, 0.4) is 0 Å². The molecule has 0 radical (unpaired) electrons. The van der Waals surface area contributed by atoms with Gasteiger partial charge in [-0.1, -0.05) is 0 Å². The van der Waals surface area contributed by atoms with Gasteiger partial charge in [0.1, 0.15) is 0 Å².